The maximum atomic E-state index is 11.1. The Bertz CT molecular complexity index is 649. The third-order valence-electron chi connectivity index (χ3n) is 2.74. The van der Waals surface area contributed by atoms with Crippen molar-refractivity contribution in [3.8, 4) is 0 Å². The Labute approximate surface area is 126 Å². The standard InChI is InChI=1S/C13H14ClN5O2/c1-8(2)12-17-11(14)10(19(20)21)13(18-12)16-7-9-4-3-5-15-6-9/h3-6,8H,7H2,1-2H3,(H,16,17,18). The predicted molar refractivity (Wildman–Crippen MR) is 79.3 cm³/mol. The van der Waals surface area contributed by atoms with E-state index in [1.807, 2.05) is 19.9 Å². The van der Waals surface area contributed by atoms with Gasteiger partial charge in [-0.1, -0.05) is 31.5 Å². The van der Waals surface area contributed by atoms with Crippen molar-refractivity contribution in [2.24, 2.45) is 0 Å². The van der Waals surface area contributed by atoms with Crippen LogP contribution in [0.25, 0.3) is 0 Å². The molecule has 21 heavy (non-hydrogen) atoms. The van der Waals surface area contributed by atoms with Crippen LogP contribution < -0.4 is 5.32 Å². The van der Waals surface area contributed by atoms with Crippen molar-refractivity contribution in [2.75, 3.05) is 5.32 Å². The van der Waals surface area contributed by atoms with E-state index in [4.69, 9.17) is 11.6 Å². The predicted octanol–water partition coefficient (Wildman–Crippen LogP) is 3.17. The zero-order chi connectivity index (χ0) is 15.4. The fraction of sp³-hybridized carbons (Fsp3) is 0.308. The van der Waals surface area contributed by atoms with Gasteiger partial charge in [-0.15, -0.1) is 0 Å². The van der Waals surface area contributed by atoms with E-state index in [0.717, 1.165) is 5.56 Å². The smallest absolute Gasteiger partial charge is 0.348 e. The zero-order valence-corrected chi connectivity index (χ0v) is 12.3. The summed E-state index contributed by atoms with van der Waals surface area (Å²) in [5.74, 6) is 0.592. The van der Waals surface area contributed by atoms with E-state index in [1.165, 1.54) is 0 Å². The minimum absolute atomic E-state index is 0.0160. The first-order valence-corrected chi connectivity index (χ1v) is 6.71. The number of nitrogens with zero attached hydrogens (tertiary/aromatic N) is 4. The zero-order valence-electron chi connectivity index (χ0n) is 11.6. The highest BCUT2D eigenvalue weighted by Gasteiger charge is 2.24. The lowest BCUT2D eigenvalue weighted by Gasteiger charge is -2.10. The number of rotatable bonds is 5. The summed E-state index contributed by atoms with van der Waals surface area (Å²) in [5, 5.41) is 13.9. The summed E-state index contributed by atoms with van der Waals surface area (Å²) >= 11 is 5.91. The molecule has 0 fully saturated rings. The summed E-state index contributed by atoms with van der Waals surface area (Å²) in [7, 11) is 0. The molecule has 0 aliphatic heterocycles. The van der Waals surface area contributed by atoms with Gasteiger partial charge in [0.1, 0.15) is 5.82 Å². The minimum atomic E-state index is -0.585. The number of anilines is 1. The van der Waals surface area contributed by atoms with Crippen LogP contribution in [0.1, 0.15) is 31.2 Å². The second kappa shape index (κ2) is 6.45. The van der Waals surface area contributed by atoms with Crippen molar-refractivity contribution in [2.45, 2.75) is 26.3 Å². The van der Waals surface area contributed by atoms with E-state index in [0.29, 0.717) is 12.4 Å². The molecule has 2 heterocycles. The normalized spacial score (nSPS) is 10.7. The molecule has 0 radical (unpaired) electrons. The molecule has 0 unspecified atom stereocenters. The molecule has 0 spiro atoms. The van der Waals surface area contributed by atoms with Gasteiger partial charge in [-0.25, -0.2) is 9.97 Å². The van der Waals surface area contributed by atoms with Crippen LogP contribution in [0.15, 0.2) is 24.5 Å². The lowest BCUT2D eigenvalue weighted by molar-refractivity contribution is -0.384. The first kappa shape index (κ1) is 15.1. The van der Waals surface area contributed by atoms with Crippen LogP contribution in [-0.2, 0) is 6.54 Å². The molecule has 2 aromatic rings. The molecule has 0 aliphatic carbocycles. The van der Waals surface area contributed by atoms with Gasteiger partial charge in [0.15, 0.2) is 0 Å². The largest absolute Gasteiger partial charge is 0.360 e. The first-order valence-electron chi connectivity index (χ1n) is 6.33. The average molecular weight is 308 g/mol. The van der Waals surface area contributed by atoms with Gasteiger partial charge in [-0.2, -0.15) is 0 Å². The molecule has 2 rings (SSSR count). The van der Waals surface area contributed by atoms with E-state index in [-0.39, 0.29) is 22.6 Å². The number of aromatic nitrogens is 3. The van der Waals surface area contributed by atoms with Crippen molar-refractivity contribution in [3.63, 3.8) is 0 Å². The third kappa shape index (κ3) is 3.63. The van der Waals surface area contributed by atoms with Crippen molar-refractivity contribution in [1.82, 2.24) is 15.0 Å². The Morgan fingerprint density at radius 1 is 1.43 bits per heavy atom. The number of nitrogens with one attached hydrogen (secondary N) is 1. The first-order chi connectivity index (χ1) is 9.99. The Morgan fingerprint density at radius 3 is 2.76 bits per heavy atom. The summed E-state index contributed by atoms with van der Waals surface area (Å²) in [5.41, 5.74) is 0.567. The van der Waals surface area contributed by atoms with Crippen molar-refractivity contribution < 1.29 is 4.92 Å². The molecule has 110 valence electrons. The monoisotopic (exact) mass is 307 g/mol. The molecular formula is C13H14ClN5O2. The number of pyridine rings is 1. The van der Waals surface area contributed by atoms with Crippen LogP contribution in [0.2, 0.25) is 5.15 Å². The van der Waals surface area contributed by atoms with Crippen LogP contribution >= 0.6 is 11.6 Å². The maximum Gasteiger partial charge on any atom is 0.348 e. The highest BCUT2D eigenvalue weighted by Crippen LogP contribution is 2.31. The molecule has 0 aliphatic rings. The van der Waals surface area contributed by atoms with Gasteiger partial charge in [0.2, 0.25) is 11.0 Å². The lowest BCUT2D eigenvalue weighted by atomic mass is 10.2. The van der Waals surface area contributed by atoms with Crippen LogP contribution in [0.4, 0.5) is 11.5 Å². The van der Waals surface area contributed by atoms with E-state index < -0.39 is 4.92 Å². The van der Waals surface area contributed by atoms with E-state index in [1.54, 1.807) is 18.5 Å². The van der Waals surface area contributed by atoms with Gasteiger partial charge in [-0.05, 0) is 11.6 Å². The van der Waals surface area contributed by atoms with E-state index in [9.17, 15) is 10.1 Å². The highest BCUT2D eigenvalue weighted by molar-refractivity contribution is 6.31. The van der Waals surface area contributed by atoms with E-state index >= 15 is 0 Å². The molecule has 1 N–H and O–H groups in total. The van der Waals surface area contributed by atoms with Gasteiger partial charge in [0, 0.05) is 24.9 Å². The van der Waals surface area contributed by atoms with Gasteiger partial charge >= 0.3 is 5.69 Å². The number of nitro groups is 1. The van der Waals surface area contributed by atoms with Crippen molar-refractivity contribution in [1.29, 1.82) is 0 Å². The molecular weight excluding hydrogens is 294 g/mol. The summed E-state index contributed by atoms with van der Waals surface area (Å²) in [6, 6.07) is 3.65. The Kier molecular flexibility index (Phi) is 4.64. The summed E-state index contributed by atoms with van der Waals surface area (Å²) in [4.78, 5) is 22.7. The summed E-state index contributed by atoms with van der Waals surface area (Å²) < 4.78 is 0. The summed E-state index contributed by atoms with van der Waals surface area (Å²) in [6.45, 7) is 4.14. The fourth-order valence-electron chi connectivity index (χ4n) is 1.68. The van der Waals surface area contributed by atoms with Gasteiger partial charge < -0.3 is 5.32 Å². The van der Waals surface area contributed by atoms with Gasteiger partial charge in [0.25, 0.3) is 0 Å². The number of hydrogen-bond donors (Lipinski definition) is 1. The molecule has 0 aromatic carbocycles. The van der Waals surface area contributed by atoms with Crippen LogP contribution in [0, 0.1) is 10.1 Å². The van der Waals surface area contributed by atoms with Gasteiger partial charge in [0.05, 0.1) is 4.92 Å². The molecule has 0 atom stereocenters. The fourth-order valence-corrected chi connectivity index (χ4v) is 1.92. The SMILES string of the molecule is CC(C)c1nc(Cl)c([N+](=O)[O-])c(NCc2cccnc2)n1. The number of halogens is 1. The lowest BCUT2D eigenvalue weighted by Crippen LogP contribution is -2.09. The Balaban J connectivity index is 2.33. The Hall–Kier alpha value is -2.28. The maximum absolute atomic E-state index is 11.1. The average Bonchev–Trinajstić information content (AvgIpc) is 2.45. The molecule has 7 nitrogen and oxygen atoms in total. The Morgan fingerprint density at radius 2 is 2.19 bits per heavy atom. The van der Waals surface area contributed by atoms with Gasteiger partial charge in [-0.3, -0.25) is 15.1 Å². The van der Waals surface area contributed by atoms with Crippen LogP contribution in [-0.4, -0.2) is 19.9 Å². The molecule has 0 bridgehead atoms. The van der Waals surface area contributed by atoms with Crippen molar-refractivity contribution >= 4 is 23.1 Å². The number of hydrogen-bond acceptors (Lipinski definition) is 6. The molecule has 0 saturated heterocycles. The van der Waals surface area contributed by atoms with Crippen LogP contribution in [0.5, 0.6) is 0 Å². The quantitative estimate of drug-likeness (QED) is 0.518. The molecule has 0 amide bonds. The minimum Gasteiger partial charge on any atom is -0.360 e. The second-order valence-corrected chi connectivity index (χ2v) is 5.05. The van der Waals surface area contributed by atoms with Crippen LogP contribution in [0.3, 0.4) is 0 Å². The second-order valence-electron chi connectivity index (χ2n) is 4.70. The molecule has 2 aromatic heterocycles. The topological polar surface area (TPSA) is 93.8 Å². The molecule has 8 heteroatoms. The third-order valence-corrected chi connectivity index (χ3v) is 3.00. The molecule has 0 saturated carbocycles. The summed E-state index contributed by atoms with van der Waals surface area (Å²) in [6.07, 6.45) is 3.33. The van der Waals surface area contributed by atoms with E-state index in [2.05, 4.69) is 20.3 Å². The van der Waals surface area contributed by atoms with Crippen molar-refractivity contribution in [3.05, 3.63) is 51.2 Å². The highest BCUT2D eigenvalue weighted by atomic mass is 35.5.